The van der Waals surface area contributed by atoms with Crippen molar-refractivity contribution in [3.8, 4) is 17.2 Å². The first kappa shape index (κ1) is 13.3. The lowest BCUT2D eigenvalue weighted by Crippen LogP contribution is -2.18. The number of hydrogen-bond donors (Lipinski definition) is 0. The molecule has 0 atom stereocenters. The Hall–Kier alpha value is -2.17. The molecule has 0 saturated carbocycles. The second kappa shape index (κ2) is 5.65. The van der Waals surface area contributed by atoms with E-state index in [0.717, 1.165) is 5.56 Å². The van der Waals surface area contributed by atoms with Crippen molar-refractivity contribution in [2.45, 2.75) is 0 Å². The van der Waals surface area contributed by atoms with Gasteiger partial charge in [-0.1, -0.05) is 0 Å². The molecule has 0 fully saturated rings. The Morgan fingerprint density at radius 2 is 2.05 bits per heavy atom. The van der Waals surface area contributed by atoms with Crippen molar-refractivity contribution in [1.29, 1.82) is 0 Å². The first-order valence-electron chi connectivity index (χ1n) is 5.99. The fraction of sp³-hybridized carbons (Fsp3) is 0.357. The highest BCUT2D eigenvalue weighted by atomic mass is 16.6. The summed E-state index contributed by atoms with van der Waals surface area (Å²) in [6, 6.07) is 3.64. The lowest BCUT2D eigenvalue weighted by Gasteiger charge is -2.21. The smallest absolute Gasteiger partial charge is 0.246 e. The van der Waals surface area contributed by atoms with Gasteiger partial charge in [0.1, 0.15) is 13.2 Å². The second-order valence-corrected chi connectivity index (χ2v) is 4.31. The van der Waals surface area contributed by atoms with Gasteiger partial charge in [0.05, 0.1) is 7.11 Å². The largest absolute Gasteiger partial charge is 0.493 e. The molecule has 0 spiro atoms. The van der Waals surface area contributed by atoms with Crippen LogP contribution in [-0.4, -0.2) is 45.2 Å². The van der Waals surface area contributed by atoms with Gasteiger partial charge in [0.25, 0.3) is 0 Å². The third-order valence-corrected chi connectivity index (χ3v) is 2.71. The number of carbonyl (C=O) groups excluding carboxylic acids is 1. The zero-order valence-corrected chi connectivity index (χ0v) is 11.3. The van der Waals surface area contributed by atoms with Gasteiger partial charge in [-0.05, 0) is 23.8 Å². The Morgan fingerprint density at radius 1 is 1.32 bits per heavy atom. The van der Waals surface area contributed by atoms with Crippen molar-refractivity contribution in [3.63, 3.8) is 0 Å². The van der Waals surface area contributed by atoms with Gasteiger partial charge in [-0.3, -0.25) is 4.79 Å². The van der Waals surface area contributed by atoms with Gasteiger partial charge in [0, 0.05) is 20.2 Å². The average molecular weight is 263 g/mol. The molecule has 0 saturated heterocycles. The van der Waals surface area contributed by atoms with Gasteiger partial charge in [0.15, 0.2) is 11.5 Å². The maximum absolute atomic E-state index is 11.5. The minimum absolute atomic E-state index is 0.0751. The lowest BCUT2D eigenvalue weighted by molar-refractivity contribution is -0.123. The maximum Gasteiger partial charge on any atom is 0.246 e. The van der Waals surface area contributed by atoms with Crippen molar-refractivity contribution in [2.24, 2.45) is 0 Å². The minimum atomic E-state index is -0.0751. The molecule has 1 aromatic rings. The maximum atomic E-state index is 11.5. The Labute approximate surface area is 112 Å². The Morgan fingerprint density at radius 3 is 2.74 bits per heavy atom. The number of hydrogen-bond acceptors (Lipinski definition) is 4. The number of benzene rings is 1. The average Bonchev–Trinajstić information content (AvgIpc) is 2.43. The van der Waals surface area contributed by atoms with Crippen LogP contribution in [0.2, 0.25) is 0 Å². The van der Waals surface area contributed by atoms with Crippen LogP contribution in [0.15, 0.2) is 18.2 Å². The molecule has 0 aromatic heterocycles. The standard InChI is InChI=1S/C14H17NO4/c1-15(2)13(16)5-4-10-8-11(17-3)14-12(9-10)18-6-7-19-14/h4-5,8-9H,6-7H2,1-3H3. The molecule has 5 nitrogen and oxygen atoms in total. The van der Waals surface area contributed by atoms with E-state index in [1.807, 2.05) is 12.1 Å². The number of likely N-dealkylation sites (N-methyl/N-ethyl adjacent to an activating group) is 1. The van der Waals surface area contributed by atoms with E-state index < -0.39 is 0 Å². The van der Waals surface area contributed by atoms with E-state index in [2.05, 4.69) is 0 Å². The highest BCUT2D eigenvalue weighted by molar-refractivity contribution is 5.91. The third-order valence-electron chi connectivity index (χ3n) is 2.71. The fourth-order valence-electron chi connectivity index (χ4n) is 1.71. The zero-order chi connectivity index (χ0) is 13.8. The summed E-state index contributed by atoms with van der Waals surface area (Å²) < 4.78 is 16.3. The zero-order valence-electron chi connectivity index (χ0n) is 11.3. The predicted octanol–water partition coefficient (Wildman–Crippen LogP) is 1.57. The highest BCUT2D eigenvalue weighted by Gasteiger charge is 2.17. The van der Waals surface area contributed by atoms with Crippen molar-refractivity contribution >= 4 is 12.0 Å². The summed E-state index contributed by atoms with van der Waals surface area (Å²) in [7, 11) is 4.99. The lowest BCUT2D eigenvalue weighted by atomic mass is 10.1. The van der Waals surface area contributed by atoms with E-state index >= 15 is 0 Å². The molecule has 19 heavy (non-hydrogen) atoms. The Kier molecular flexibility index (Phi) is 3.94. The first-order valence-corrected chi connectivity index (χ1v) is 5.99. The van der Waals surface area contributed by atoms with Crippen LogP contribution in [0, 0.1) is 0 Å². The number of fused-ring (bicyclic) bond motifs is 1. The van der Waals surface area contributed by atoms with Gasteiger partial charge < -0.3 is 19.1 Å². The summed E-state index contributed by atoms with van der Waals surface area (Å²) >= 11 is 0. The summed E-state index contributed by atoms with van der Waals surface area (Å²) in [5, 5.41) is 0. The summed E-state index contributed by atoms with van der Waals surface area (Å²) in [6.45, 7) is 1.03. The van der Waals surface area contributed by atoms with Crippen LogP contribution in [0.3, 0.4) is 0 Å². The van der Waals surface area contributed by atoms with Crippen LogP contribution in [0.1, 0.15) is 5.56 Å². The molecular formula is C14H17NO4. The molecule has 0 unspecified atom stereocenters. The van der Waals surface area contributed by atoms with Crippen LogP contribution >= 0.6 is 0 Å². The van der Waals surface area contributed by atoms with Gasteiger partial charge in [-0.15, -0.1) is 0 Å². The number of rotatable bonds is 3. The molecule has 0 aliphatic carbocycles. The van der Waals surface area contributed by atoms with E-state index in [4.69, 9.17) is 14.2 Å². The summed E-state index contributed by atoms with van der Waals surface area (Å²) in [5.74, 6) is 1.79. The molecule has 2 rings (SSSR count). The van der Waals surface area contributed by atoms with Gasteiger partial charge in [-0.25, -0.2) is 0 Å². The number of methoxy groups -OCH3 is 1. The summed E-state index contributed by atoms with van der Waals surface area (Å²) in [4.78, 5) is 13.0. The molecule has 1 amide bonds. The SMILES string of the molecule is COc1cc(C=CC(=O)N(C)C)cc2c1OCCO2. The van der Waals surface area contributed by atoms with E-state index in [-0.39, 0.29) is 5.91 Å². The monoisotopic (exact) mass is 263 g/mol. The summed E-state index contributed by atoms with van der Waals surface area (Å²) in [6.07, 6.45) is 3.23. The van der Waals surface area contributed by atoms with E-state index in [9.17, 15) is 4.79 Å². The topological polar surface area (TPSA) is 48.0 Å². The Balaban J connectivity index is 2.29. The van der Waals surface area contributed by atoms with Crippen molar-refractivity contribution in [3.05, 3.63) is 23.8 Å². The van der Waals surface area contributed by atoms with E-state index in [1.165, 1.54) is 11.0 Å². The molecule has 1 aromatic carbocycles. The Bertz CT molecular complexity index is 491. The van der Waals surface area contributed by atoms with Crippen molar-refractivity contribution in [1.82, 2.24) is 4.90 Å². The molecule has 0 bridgehead atoms. The van der Waals surface area contributed by atoms with Gasteiger partial charge >= 0.3 is 0 Å². The van der Waals surface area contributed by atoms with Gasteiger partial charge in [0.2, 0.25) is 11.7 Å². The van der Waals surface area contributed by atoms with Crippen molar-refractivity contribution < 1.29 is 19.0 Å². The fourth-order valence-corrected chi connectivity index (χ4v) is 1.71. The molecule has 0 radical (unpaired) electrons. The molecular weight excluding hydrogens is 246 g/mol. The third kappa shape index (κ3) is 2.99. The first-order chi connectivity index (χ1) is 9.11. The predicted molar refractivity (Wildman–Crippen MR) is 71.7 cm³/mol. The number of carbonyl (C=O) groups is 1. The number of ether oxygens (including phenoxy) is 3. The van der Waals surface area contributed by atoms with E-state index in [1.54, 1.807) is 27.3 Å². The molecule has 1 aliphatic heterocycles. The van der Waals surface area contributed by atoms with Gasteiger partial charge in [-0.2, -0.15) is 0 Å². The van der Waals surface area contributed by atoms with Crippen LogP contribution in [0.25, 0.3) is 6.08 Å². The summed E-state index contributed by atoms with van der Waals surface area (Å²) in [5.41, 5.74) is 0.830. The minimum Gasteiger partial charge on any atom is -0.493 e. The quantitative estimate of drug-likeness (QED) is 0.777. The van der Waals surface area contributed by atoms with Crippen molar-refractivity contribution in [2.75, 3.05) is 34.4 Å². The van der Waals surface area contributed by atoms with Crippen LogP contribution < -0.4 is 14.2 Å². The number of amides is 1. The molecule has 0 N–H and O–H groups in total. The number of nitrogens with zero attached hydrogens (tertiary/aromatic N) is 1. The molecule has 5 heteroatoms. The highest BCUT2D eigenvalue weighted by Crippen LogP contribution is 2.40. The molecule has 102 valence electrons. The normalized spacial score (nSPS) is 13.4. The molecule has 1 aliphatic rings. The van der Waals surface area contributed by atoms with Crippen LogP contribution in [-0.2, 0) is 4.79 Å². The molecule has 1 heterocycles. The second-order valence-electron chi connectivity index (χ2n) is 4.31. The van der Waals surface area contributed by atoms with Crippen LogP contribution in [0.5, 0.6) is 17.2 Å². The van der Waals surface area contributed by atoms with Crippen LogP contribution in [0.4, 0.5) is 0 Å². The van der Waals surface area contributed by atoms with E-state index in [0.29, 0.717) is 30.5 Å².